The second-order valence-corrected chi connectivity index (χ2v) is 7.77. The number of nitrogens with zero attached hydrogens (tertiary/aromatic N) is 2. The van der Waals surface area contributed by atoms with Crippen LogP contribution >= 0.6 is 11.6 Å². The molecule has 1 atom stereocenters. The number of ether oxygens (including phenoxy) is 1. The third-order valence-electron chi connectivity index (χ3n) is 5.42. The lowest BCUT2D eigenvalue weighted by atomic mass is 9.94. The van der Waals surface area contributed by atoms with Gasteiger partial charge in [0.15, 0.2) is 0 Å². The van der Waals surface area contributed by atoms with Gasteiger partial charge in [-0.1, -0.05) is 29.8 Å². The first kappa shape index (κ1) is 18.1. The number of para-hydroxylation sites is 1. The van der Waals surface area contributed by atoms with Crippen molar-refractivity contribution in [2.45, 2.75) is 19.3 Å². The molecule has 1 amide bonds. The van der Waals surface area contributed by atoms with Crippen LogP contribution in [-0.2, 0) is 11.2 Å². The van der Waals surface area contributed by atoms with Gasteiger partial charge in [0.1, 0.15) is 11.6 Å². The maximum Gasteiger partial charge on any atom is 0.223 e. The van der Waals surface area contributed by atoms with Gasteiger partial charge in [0.2, 0.25) is 5.91 Å². The van der Waals surface area contributed by atoms with Crippen LogP contribution in [0.1, 0.15) is 18.4 Å². The second kappa shape index (κ2) is 8.17. The quantitative estimate of drug-likeness (QED) is 0.877. The Labute approximate surface area is 164 Å². The number of amides is 1. The van der Waals surface area contributed by atoms with Gasteiger partial charge in [-0.2, -0.15) is 0 Å². The summed E-state index contributed by atoms with van der Waals surface area (Å²) in [5.41, 5.74) is 1.23. The minimum absolute atomic E-state index is 0.0744. The van der Waals surface area contributed by atoms with E-state index in [4.69, 9.17) is 16.3 Å². The number of benzene rings is 1. The number of carbonyl (C=O) groups excluding carboxylic acids is 1. The van der Waals surface area contributed by atoms with Crippen LogP contribution in [0.25, 0.3) is 0 Å². The largest absolute Gasteiger partial charge is 0.493 e. The van der Waals surface area contributed by atoms with Crippen LogP contribution in [0.2, 0.25) is 5.02 Å². The molecule has 2 aromatic rings. The standard InChI is InChI=1S/C21H24ClN3O2/c22-18-5-6-20(23-13-18)25-9-7-16(8-10-25)21(26)24-12-15-11-17-3-1-2-4-19(17)27-14-15/h1-6,13,15-16H,7-12,14H2,(H,24,26)/t15-/m0/s1. The first-order chi connectivity index (χ1) is 13.2. The highest BCUT2D eigenvalue weighted by Gasteiger charge is 2.27. The maximum absolute atomic E-state index is 12.6. The topological polar surface area (TPSA) is 54.5 Å². The fraction of sp³-hybridized carbons (Fsp3) is 0.429. The molecule has 2 aliphatic heterocycles. The summed E-state index contributed by atoms with van der Waals surface area (Å²) in [6.45, 7) is 3.02. The van der Waals surface area contributed by atoms with Crippen molar-refractivity contribution < 1.29 is 9.53 Å². The molecule has 5 nitrogen and oxygen atoms in total. The zero-order valence-corrected chi connectivity index (χ0v) is 16.0. The molecule has 3 heterocycles. The number of piperidine rings is 1. The predicted molar refractivity (Wildman–Crippen MR) is 106 cm³/mol. The summed E-state index contributed by atoms with van der Waals surface area (Å²) >= 11 is 5.90. The molecule has 1 aromatic heterocycles. The second-order valence-electron chi connectivity index (χ2n) is 7.33. The molecule has 0 unspecified atom stereocenters. The summed E-state index contributed by atoms with van der Waals surface area (Å²) in [7, 11) is 0. The van der Waals surface area contributed by atoms with Crippen molar-refractivity contribution in [1.29, 1.82) is 0 Å². The summed E-state index contributed by atoms with van der Waals surface area (Å²) in [4.78, 5) is 19.2. The highest BCUT2D eigenvalue weighted by Crippen LogP contribution is 2.27. The van der Waals surface area contributed by atoms with Crippen LogP contribution in [0.5, 0.6) is 5.75 Å². The van der Waals surface area contributed by atoms with E-state index in [1.165, 1.54) is 5.56 Å². The van der Waals surface area contributed by atoms with E-state index < -0.39 is 0 Å². The molecule has 0 radical (unpaired) electrons. The molecule has 2 aliphatic rings. The van der Waals surface area contributed by atoms with Gasteiger partial charge in [-0.3, -0.25) is 4.79 Å². The van der Waals surface area contributed by atoms with E-state index in [0.29, 0.717) is 24.1 Å². The summed E-state index contributed by atoms with van der Waals surface area (Å²) in [6, 6.07) is 11.9. The molecule has 0 aliphatic carbocycles. The number of fused-ring (bicyclic) bond motifs is 1. The van der Waals surface area contributed by atoms with Gasteiger partial charge in [-0.05, 0) is 43.0 Å². The Balaban J connectivity index is 1.24. The van der Waals surface area contributed by atoms with Gasteiger partial charge in [-0.15, -0.1) is 0 Å². The van der Waals surface area contributed by atoms with E-state index in [-0.39, 0.29) is 11.8 Å². The number of hydrogen-bond donors (Lipinski definition) is 1. The van der Waals surface area contributed by atoms with Crippen molar-refractivity contribution in [3.05, 3.63) is 53.2 Å². The number of anilines is 1. The Morgan fingerprint density at radius 3 is 2.81 bits per heavy atom. The molecular weight excluding hydrogens is 362 g/mol. The minimum atomic E-state index is 0.0744. The van der Waals surface area contributed by atoms with E-state index in [1.54, 1.807) is 6.20 Å². The number of carbonyl (C=O) groups is 1. The van der Waals surface area contributed by atoms with Crippen LogP contribution in [0.15, 0.2) is 42.6 Å². The molecule has 1 saturated heterocycles. The lowest BCUT2D eigenvalue weighted by molar-refractivity contribution is -0.125. The number of rotatable bonds is 4. The maximum atomic E-state index is 12.6. The van der Waals surface area contributed by atoms with Gasteiger partial charge in [0, 0.05) is 37.7 Å². The number of halogens is 1. The fourth-order valence-electron chi connectivity index (χ4n) is 3.84. The highest BCUT2D eigenvalue weighted by molar-refractivity contribution is 6.30. The third-order valence-corrected chi connectivity index (χ3v) is 5.65. The van der Waals surface area contributed by atoms with Crippen LogP contribution in [0, 0.1) is 11.8 Å². The van der Waals surface area contributed by atoms with Gasteiger partial charge in [-0.25, -0.2) is 4.98 Å². The normalized spacial score (nSPS) is 19.9. The summed E-state index contributed by atoms with van der Waals surface area (Å²) in [5.74, 6) is 2.48. The number of aromatic nitrogens is 1. The van der Waals surface area contributed by atoms with E-state index in [2.05, 4.69) is 21.3 Å². The van der Waals surface area contributed by atoms with Gasteiger partial charge < -0.3 is 15.0 Å². The predicted octanol–water partition coefficient (Wildman–Crippen LogP) is 3.32. The summed E-state index contributed by atoms with van der Waals surface area (Å²) in [6.07, 6.45) is 4.32. The summed E-state index contributed by atoms with van der Waals surface area (Å²) < 4.78 is 5.81. The highest BCUT2D eigenvalue weighted by atomic mass is 35.5. The minimum Gasteiger partial charge on any atom is -0.493 e. The van der Waals surface area contributed by atoms with E-state index >= 15 is 0 Å². The molecule has 4 rings (SSSR count). The van der Waals surface area contributed by atoms with E-state index in [0.717, 1.165) is 43.9 Å². The molecule has 6 heteroatoms. The molecular formula is C21H24ClN3O2. The van der Waals surface area contributed by atoms with Crippen molar-refractivity contribution in [1.82, 2.24) is 10.3 Å². The number of pyridine rings is 1. The first-order valence-corrected chi connectivity index (χ1v) is 9.92. The Hall–Kier alpha value is -2.27. The van der Waals surface area contributed by atoms with Crippen LogP contribution in [0.3, 0.4) is 0 Å². The number of nitrogens with one attached hydrogen (secondary N) is 1. The average molecular weight is 386 g/mol. The molecule has 1 fully saturated rings. The van der Waals surface area contributed by atoms with Gasteiger partial charge in [0.05, 0.1) is 11.6 Å². The fourth-order valence-corrected chi connectivity index (χ4v) is 3.95. The molecule has 0 bridgehead atoms. The van der Waals surface area contributed by atoms with Crippen LogP contribution in [-0.4, -0.2) is 37.1 Å². The van der Waals surface area contributed by atoms with E-state index in [1.807, 2.05) is 30.3 Å². The molecule has 1 N–H and O–H groups in total. The Bertz CT molecular complexity index is 788. The molecule has 27 heavy (non-hydrogen) atoms. The molecule has 0 spiro atoms. The summed E-state index contributed by atoms with van der Waals surface area (Å²) in [5, 5.41) is 3.79. The average Bonchev–Trinajstić information content (AvgIpc) is 2.72. The molecule has 1 aromatic carbocycles. The Morgan fingerprint density at radius 2 is 2.04 bits per heavy atom. The monoisotopic (exact) mass is 385 g/mol. The molecule has 0 saturated carbocycles. The SMILES string of the molecule is O=C(NC[C@H]1COc2ccccc2C1)C1CCN(c2ccc(Cl)cn2)CC1. The van der Waals surface area contributed by atoms with Crippen molar-refractivity contribution in [3.8, 4) is 5.75 Å². The smallest absolute Gasteiger partial charge is 0.223 e. The van der Waals surface area contributed by atoms with Crippen molar-refractivity contribution in [2.75, 3.05) is 31.1 Å². The van der Waals surface area contributed by atoms with Crippen LogP contribution in [0.4, 0.5) is 5.82 Å². The van der Waals surface area contributed by atoms with E-state index in [9.17, 15) is 4.79 Å². The molecule has 142 valence electrons. The third kappa shape index (κ3) is 4.35. The van der Waals surface area contributed by atoms with Gasteiger partial charge in [0.25, 0.3) is 0 Å². The van der Waals surface area contributed by atoms with Crippen molar-refractivity contribution in [3.63, 3.8) is 0 Å². The number of hydrogen-bond acceptors (Lipinski definition) is 4. The zero-order valence-electron chi connectivity index (χ0n) is 15.2. The van der Waals surface area contributed by atoms with Crippen molar-refractivity contribution in [2.24, 2.45) is 11.8 Å². The lowest BCUT2D eigenvalue weighted by Crippen LogP contribution is -2.43. The van der Waals surface area contributed by atoms with Gasteiger partial charge >= 0.3 is 0 Å². The zero-order chi connectivity index (χ0) is 18.6. The first-order valence-electron chi connectivity index (χ1n) is 9.54. The Kier molecular flexibility index (Phi) is 5.48. The van der Waals surface area contributed by atoms with Crippen LogP contribution < -0.4 is 15.0 Å². The lowest BCUT2D eigenvalue weighted by Gasteiger charge is -2.32. The Morgan fingerprint density at radius 1 is 1.22 bits per heavy atom. The van der Waals surface area contributed by atoms with Crippen molar-refractivity contribution >= 4 is 23.3 Å².